The van der Waals surface area contributed by atoms with Crippen molar-refractivity contribution in [3.63, 3.8) is 0 Å². The van der Waals surface area contributed by atoms with Crippen LogP contribution in [0.2, 0.25) is 0 Å². The molecule has 0 saturated carbocycles. The zero-order chi connectivity index (χ0) is 8.48. The van der Waals surface area contributed by atoms with Crippen LogP contribution in [0.25, 0.3) is 0 Å². The van der Waals surface area contributed by atoms with Crippen molar-refractivity contribution in [2.75, 3.05) is 0 Å². The van der Waals surface area contributed by atoms with Crippen molar-refractivity contribution in [3.05, 3.63) is 0 Å². The van der Waals surface area contributed by atoms with Crippen molar-refractivity contribution < 1.29 is 9.53 Å². The maximum Gasteiger partial charge on any atom is 0.307 e. The molecular weight excluding hydrogens is 140 g/mol. The Balaban J connectivity index is 2.72. The third-order valence-corrected chi connectivity index (χ3v) is 1.90. The summed E-state index contributed by atoms with van der Waals surface area (Å²) >= 11 is 0. The zero-order valence-electron chi connectivity index (χ0n) is 6.89. The largest absolute Gasteiger partial charge is 0.446 e. The number of cyclic esters (lactones) is 1. The number of hydrogen-bond acceptors (Lipinski definition) is 2. The standard InChI is InChI=1S/C9H12O2/c1-4-9(3)6-7(2)5-8(10)11-9/h1,7H,5-6H2,2-3H3. The van der Waals surface area contributed by atoms with E-state index < -0.39 is 5.60 Å². The molecular formula is C9H12O2. The van der Waals surface area contributed by atoms with Crippen molar-refractivity contribution in [1.82, 2.24) is 0 Å². The number of ether oxygens (including phenoxy) is 1. The Morgan fingerprint density at radius 2 is 2.45 bits per heavy atom. The highest BCUT2D eigenvalue weighted by Crippen LogP contribution is 2.28. The van der Waals surface area contributed by atoms with E-state index in [0.29, 0.717) is 12.3 Å². The van der Waals surface area contributed by atoms with Crippen LogP contribution in [0.4, 0.5) is 0 Å². The molecule has 2 atom stereocenters. The average molecular weight is 152 g/mol. The SMILES string of the molecule is C#CC1(C)CC(C)CC(=O)O1. The molecule has 0 bridgehead atoms. The molecule has 1 fully saturated rings. The molecule has 2 nitrogen and oxygen atoms in total. The van der Waals surface area contributed by atoms with Gasteiger partial charge in [-0.1, -0.05) is 12.8 Å². The van der Waals surface area contributed by atoms with Crippen LogP contribution >= 0.6 is 0 Å². The summed E-state index contributed by atoms with van der Waals surface area (Å²) in [5, 5.41) is 0. The lowest BCUT2D eigenvalue weighted by Gasteiger charge is -2.31. The Hall–Kier alpha value is -0.970. The predicted octanol–water partition coefficient (Wildman–Crippen LogP) is 1.35. The number of carbonyl (C=O) groups is 1. The molecule has 1 aliphatic heterocycles. The smallest absolute Gasteiger partial charge is 0.307 e. The number of carbonyl (C=O) groups excluding carboxylic acids is 1. The highest BCUT2D eigenvalue weighted by Gasteiger charge is 2.34. The molecule has 2 unspecified atom stereocenters. The Morgan fingerprint density at radius 1 is 1.82 bits per heavy atom. The lowest BCUT2D eigenvalue weighted by molar-refractivity contribution is -0.161. The number of hydrogen-bond donors (Lipinski definition) is 0. The fourth-order valence-electron chi connectivity index (χ4n) is 1.44. The van der Waals surface area contributed by atoms with Crippen LogP contribution in [-0.4, -0.2) is 11.6 Å². The van der Waals surface area contributed by atoms with Gasteiger partial charge in [-0.3, -0.25) is 4.79 Å². The Bertz CT molecular complexity index is 214. The van der Waals surface area contributed by atoms with E-state index in [9.17, 15) is 4.79 Å². The maximum atomic E-state index is 10.9. The summed E-state index contributed by atoms with van der Waals surface area (Å²) < 4.78 is 5.02. The lowest BCUT2D eigenvalue weighted by Crippen LogP contribution is -2.37. The molecule has 11 heavy (non-hydrogen) atoms. The molecule has 0 amide bonds. The van der Waals surface area contributed by atoms with Gasteiger partial charge in [0.25, 0.3) is 0 Å². The molecule has 1 aliphatic rings. The van der Waals surface area contributed by atoms with E-state index in [4.69, 9.17) is 11.2 Å². The molecule has 1 saturated heterocycles. The first kappa shape index (κ1) is 8.13. The molecule has 2 heteroatoms. The van der Waals surface area contributed by atoms with Gasteiger partial charge >= 0.3 is 5.97 Å². The first-order valence-electron chi connectivity index (χ1n) is 3.75. The first-order valence-corrected chi connectivity index (χ1v) is 3.75. The van der Waals surface area contributed by atoms with E-state index in [1.54, 1.807) is 6.92 Å². The quantitative estimate of drug-likeness (QED) is 0.387. The Labute approximate surface area is 66.9 Å². The molecule has 0 aromatic rings. The van der Waals surface area contributed by atoms with E-state index >= 15 is 0 Å². The third kappa shape index (κ3) is 1.74. The average Bonchev–Trinajstić information content (AvgIpc) is 1.84. The van der Waals surface area contributed by atoms with Crippen LogP contribution in [0.15, 0.2) is 0 Å². The van der Waals surface area contributed by atoms with Crippen LogP contribution in [0, 0.1) is 18.3 Å². The monoisotopic (exact) mass is 152 g/mol. The number of rotatable bonds is 0. The molecule has 1 rings (SSSR count). The fourth-order valence-corrected chi connectivity index (χ4v) is 1.44. The van der Waals surface area contributed by atoms with Gasteiger partial charge in [0, 0.05) is 12.8 Å². The minimum absolute atomic E-state index is 0.177. The number of terminal acetylenes is 1. The van der Waals surface area contributed by atoms with Crippen LogP contribution in [0.3, 0.4) is 0 Å². The second-order valence-corrected chi connectivity index (χ2v) is 3.36. The summed E-state index contributed by atoms with van der Waals surface area (Å²) in [7, 11) is 0. The van der Waals surface area contributed by atoms with E-state index in [0.717, 1.165) is 6.42 Å². The molecule has 0 aromatic heterocycles. The Kier molecular flexibility index (Phi) is 1.90. The fraction of sp³-hybridized carbons (Fsp3) is 0.667. The van der Waals surface area contributed by atoms with Crippen LogP contribution in [0.1, 0.15) is 26.7 Å². The van der Waals surface area contributed by atoms with E-state index in [2.05, 4.69) is 5.92 Å². The maximum absolute atomic E-state index is 10.9. The lowest BCUT2D eigenvalue weighted by atomic mass is 9.89. The molecule has 0 N–H and O–H groups in total. The zero-order valence-corrected chi connectivity index (χ0v) is 6.89. The van der Waals surface area contributed by atoms with Crippen molar-refractivity contribution in [2.45, 2.75) is 32.3 Å². The molecule has 1 heterocycles. The predicted molar refractivity (Wildman–Crippen MR) is 41.7 cm³/mol. The van der Waals surface area contributed by atoms with Crippen LogP contribution in [-0.2, 0) is 9.53 Å². The summed E-state index contributed by atoms with van der Waals surface area (Å²) in [5.41, 5.74) is -0.658. The summed E-state index contributed by atoms with van der Waals surface area (Å²) in [6.07, 6.45) is 6.51. The van der Waals surface area contributed by atoms with E-state index in [1.807, 2.05) is 6.92 Å². The molecule has 60 valence electrons. The minimum atomic E-state index is -0.658. The van der Waals surface area contributed by atoms with Gasteiger partial charge in [-0.15, -0.1) is 6.42 Å². The normalized spacial score (nSPS) is 37.5. The van der Waals surface area contributed by atoms with Crippen molar-refractivity contribution in [3.8, 4) is 12.3 Å². The van der Waals surface area contributed by atoms with Crippen LogP contribution in [0.5, 0.6) is 0 Å². The van der Waals surface area contributed by atoms with Crippen molar-refractivity contribution in [2.24, 2.45) is 5.92 Å². The first-order chi connectivity index (χ1) is 5.06. The highest BCUT2D eigenvalue weighted by molar-refractivity contribution is 5.71. The van der Waals surface area contributed by atoms with Gasteiger partial charge in [-0.2, -0.15) is 0 Å². The third-order valence-electron chi connectivity index (χ3n) is 1.90. The van der Waals surface area contributed by atoms with Crippen molar-refractivity contribution in [1.29, 1.82) is 0 Å². The van der Waals surface area contributed by atoms with Gasteiger partial charge in [-0.25, -0.2) is 0 Å². The minimum Gasteiger partial charge on any atom is -0.446 e. The van der Waals surface area contributed by atoms with Gasteiger partial charge in [0.05, 0.1) is 0 Å². The molecule has 0 spiro atoms. The Morgan fingerprint density at radius 3 is 2.91 bits per heavy atom. The summed E-state index contributed by atoms with van der Waals surface area (Å²) in [6, 6.07) is 0. The highest BCUT2D eigenvalue weighted by atomic mass is 16.6. The van der Waals surface area contributed by atoms with E-state index in [1.165, 1.54) is 0 Å². The van der Waals surface area contributed by atoms with Crippen LogP contribution < -0.4 is 0 Å². The van der Waals surface area contributed by atoms with Gasteiger partial charge in [0.15, 0.2) is 5.60 Å². The topological polar surface area (TPSA) is 26.3 Å². The summed E-state index contributed by atoms with van der Waals surface area (Å²) in [4.78, 5) is 10.9. The van der Waals surface area contributed by atoms with Gasteiger partial charge in [0.2, 0.25) is 0 Å². The number of esters is 1. The second kappa shape index (κ2) is 2.58. The molecule has 0 radical (unpaired) electrons. The molecule has 0 aliphatic carbocycles. The summed E-state index contributed by atoms with van der Waals surface area (Å²) in [6.45, 7) is 3.79. The van der Waals surface area contributed by atoms with Gasteiger partial charge in [0.1, 0.15) is 0 Å². The van der Waals surface area contributed by atoms with E-state index in [-0.39, 0.29) is 5.97 Å². The van der Waals surface area contributed by atoms with Crippen molar-refractivity contribution >= 4 is 5.97 Å². The van der Waals surface area contributed by atoms with Gasteiger partial charge < -0.3 is 4.74 Å². The van der Waals surface area contributed by atoms with Gasteiger partial charge in [-0.05, 0) is 12.8 Å². The summed E-state index contributed by atoms with van der Waals surface area (Å²) in [5.74, 6) is 2.67. The molecule has 0 aromatic carbocycles. The second-order valence-electron chi connectivity index (χ2n) is 3.36.